The second kappa shape index (κ2) is 18.3. The number of fused-ring (bicyclic) bond motifs is 5. The molecule has 3 aromatic rings. The van der Waals surface area contributed by atoms with E-state index in [1.807, 2.05) is 0 Å². The fraction of sp³-hybridized carbons (Fsp3) is 0.480. The molecule has 1 N–H and O–H groups in total. The summed E-state index contributed by atoms with van der Waals surface area (Å²) in [5, 5.41) is 2.95. The van der Waals surface area contributed by atoms with Gasteiger partial charge < -0.3 is 43.2 Å². The number of methoxy groups -OCH3 is 3. The maximum Gasteiger partial charge on any atom is 0.338 e. The van der Waals surface area contributed by atoms with Crippen LogP contribution in [0.1, 0.15) is 86.7 Å². The number of ether oxygens (including phenoxy) is 8. The predicted molar refractivity (Wildman–Crippen MR) is 232 cm³/mol. The van der Waals surface area contributed by atoms with Crippen molar-refractivity contribution in [2.24, 2.45) is 16.7 Å². The summed E-state index contributed by atoms with van der Waals surface area (Å²) in [4.78, 5) is 85.5. The Bertz CT molecular complexity index is 2330. The van der Waals surface area contributed by atoms with Crippen molar-refractivity contribution in [2.45, 2.75) is 108 Å². The first kappa shape index (κ1) is 47.2. The fourth-order valence-corrected chi connectivity index (χ4v) is 11.2. The van der Waals surface area contributed by atoms with Gasteiger partial charge in [0.2, 0.25) is 0 Å². The third kappa shape index (κ3) is 7.95. The number of benzene rings is 3. The van der Waals surface area contributed by atoms with E-state index in [0.717, 1.165) is 0 Å². The number of esters is 4. The number of rotatable bonds is 13. The normalized spacial score (nSPS) is 30.9. The van der Waals surface area contributed by atoms with Crippen LogP contribution >= 0.6 is 0 Å². The molecule has 7 rings (SSSR count). The van der Waals surface area contributed by atoms with E-state index in [2.05, 4.69) is 5.32 Å². The van der Waals surface area contributed by atoms with Crippen LogP contribution < -0.4 is 5.32 Å². The smallest absolute Gasteiger partial charge is 0.338 e. The Morgan fingerprint density at radius 3 is 1.91 bits per heavy atom. The van der Waals surface area contributed by atoms with Crippen molar-refractivity contribution in [3.05, 3.63) is 119 Å². The molecule has 1 heterocycles. The minimum atomic E-state index is -1.76. The maximum absolute atomic E-state index is 15.9. The number of carbonyl (C=O) groups excluding carboxylic acids is 6. The number of Topliss-reactive ketones (excluding diaryl/α,β-unsaturated/α-hetero) is 1. The molecule has 0 spiro atoms. The Morgan fingerprint density at radius 2 is 1.38 bits per heavy atom. The summed E-state index contributed by atoms with van der Waals surface area (Å²) in [5.74, 6) is -5.48. The van der Waals surface area contributed by atoms with E-state index in [0.29, 0.717) is 16.7 Å². The Labute approximate surface area is 378 Å². The zero-order valence-corrected chi connectivity index (χ0v) is 38.1. The van der Waals surface area contributed by atoms with Crippen LogP contribution in [-0.2, 0) is 57.1 Å². The van der Waals surface area contributed by atoms with Gasteiger partial charge in [-0.1, -0.05) is 80.6 Å². The minimum absolute atomic E-state index is 0.0953. The summed E-state index contributed by atoms with van der Waals surface area (Å²) < 4.78 is 50.5. The van der Waals surface area contributed by atoms with Crippen molar-refractivity contribution < 1.29 is 66.7 Å². The van der Waals surface area contributed by atoms with Crippen molar-refractivity contribution in [1.82, 2.24) is 5.32 Å². The lowest BCUT2D eigenvalue weighted by atomic mass is 9.44. The molecule has 3 aromatic carbocycles. The average Bonchev–Trinajstić information content (AvgIpc) is 3.28. The van der Waals surface area contributed by atoms with E-state index in [1.165, 1.54) is 35.2 Å². The van der Waals surface area contributed by atoms with Gasteiger partial charge in [0.1, 0.15) is 23.9 Å². The lowest BCUT2D eigenvalue weighted by Crippen LogP contribution is -2.82. The first-order valence-corrected chi connectivity index (χ1v) is 21.6. The summed E-state index contributed by atoms with van der Waals surface area (Å²) in [6.45, 7) is 9.16. The topological polar surface area (TPSA) is 188 Å². The van der Waals surface area contributed by atoms with E-state index in [1.54, 1.807) is 119 Å². The molecule has 65 heavy (non-hydrogen) atoms. The number of carbonyl (C=O) groups is 6. The van der Waals surface area contributed by atoms with E-state index in [9.17, 15) is 24.0 Å². The van der Waals surface area contributed by atoms with Gasteiger partial charge in [-0.2, -0.15) is 0 Å². The number of amides is 1. The summed E-state index contributed by atoms with van der Waals surface area (Å²) in [5.41, 5.74) is -4.74. The molecular formula is C50H57NO14. The second-order valence-electron chi connectivity index (χ2n) is 17.9. The van der Waals surface area contributed by atoms with Crippen LogP contribution in [0.4, 0.5) is 0 Å². The number of hydrogen-bond donors (Lipinski definition) is 1. The summed E-state index contributed by atoms with van der Waals surface area (Å²) in [6, 6.07) is 24.5. The molecule has 11 atom stereocenters. The molecule has 0 aromatic heterocycles. The SMILES string of the molecule is CO[C@H]1C[C@H]2OC[C@@]2(OC(C)=O)C2[C@H](OC(=O)c3ccccc3)[C@]3(OC)C[C@H](OC(=O)[C@H](OC)[C@@H](NC(=O)c4ccccc4)c4ccccc4)C(C)=C([C@@H](OC(C)=O)C(=O)[C@@]21C)C3(C)C. The highest BCUT2D eigenvalue weighted by molar-refractivity contribution is 5.96. The zero-order chi connectivity index (χ0) is 47.1. The maximum atomic E-state index is 15.9. The van der Waals surface area contributed by atoms with E-state index in [-0.39, 0.29) is 30.6 Å². The first-order chi connectivity index (χ1) is 30.9. The van der Waals surface area contributed by atoms with Crippen LogP contribution in [0.3, 0.4) is 0 Å². The molecule has 2 saturated carbocycles. The number of nitrogens with one attached hydrogen (secondary N) is 1. The van der Waals surface area contributed by atoms with Crippen LogP contribution in [0, 0.1) is 16.7 Å². The average molecular weight is 896 g/mol. The van der Waals surface area contributed by atoms with Crippen molar-refractivity contribution in [2.75, 3.05) is 27.9 Å². The fourth-order valence-electron chi connectivity index (χ4n) is 11.2. The van der Waals surface area contributed by atoms with Gasteiger partial charge in [-0.25, -0.2) is 9.59 Å². The Morgan fingerprint density at radius 1 is 0.785 bits per heavy atom. The molecule has 2 bridgehead atoms. The van der Waals surface area contributed by atoms with Crippen molar-refractivity contribution in [1.29, 1.82) is 0 Å². The van der Waals surface area contributed by atoms with Gasteiger partial charge in [-0.05, 0) is 54.8 Å². The molecule has 4 aliphatic rings. The van der Waals surface area contributed by atoms with Crippen LogP contribution in [0.5, 0.6) is 0 Å². The lowest BCUT2D eigenvalue weighted by Gasteiger charge is -2.68. The molecule has 15 heteroatoms. The molecule has 3 aliphatic carbocycles. The van der Waals surface area contributed by atoms with Crippen LogP contribution in [-0.4, -0.2) is 111 Å². The Balaban J connectivity index is 1.43. The molecule has 1 saturated heterocycles. The van der Waals surface area contributed by atoms with E-state index >= 15 is 4.79 Å². The lowest BCUT2D eigenvalue weighted by molar-refractivity contribution is -0.348. The summed E-state index contributed by atoms with van der Waals surface area (Å²) in [6.07, 6.45) is -7.64. The van der Waals surface area contributed by atoms with Crippen LogP contribution in [0.25, 0.3) is 0 Å². The number of ketones is 1. The Hall–Kier alpha value is -5.74. The van der Waals surface area contributed by atoms with Crippen LogP contribution in [0.15, 0.2) is 102 Å². The van der Waals surface area contributed by atoms with Gasteiger partial charge in [0.05, 0.1) is 35.6 Å². The zero-order valence-electron chi connectivity index (χ0n) is 38.1. The highest BCUT2D eigenvalue weighted by Crippen LogP contribution is 2.65. The summed E-state index contributed by atoms with van der Waals surface area (Å²) >= 11 is 0. The van der Waals surface area contributed by atoms with Crippen LogP contribution in [0.2, 0.25) is 0 Å². The van der Waals surface area contributed by atoms with E-state index in [4.69, 9.17) is 37.9 Å². The molecule has 346 valence electrons. The molecule has 1 aliphatic heterocycles. The van der Waals surface area contributed by atoms with Crippen molar-refractivity contribution in [3.63, 3.8) is 0 Å². The highest BCUT2D eigenvalue weighted by atomic mass is 16.6. The predicted octanol–water partition coefficient (Wildman–Crippen LogP) is 5.70. The Kier molecular flexibility index (Phi) is 13.3. The quantitative estimate of drug-likeness (QED) is 0.125. The van der Waals surface area contributed by atoms with Gasteiger partial charge in [-0.15, -0.1) is 0 Å². The van der Waals surface area contributed by atoms with Gasteiger partial charge in [0.15, 0.2) is 23.6 Å². The van der Waals surface area contributed by atoms with Gasteiger partial charge in [0, 0.05) is 59.0 Å². The third-order valence-corrected chi connectivity index (χ3v) is 14.3. The molecule has 0 radical (unpaired) electrons. The number of hydrogen-bond acceptors (Lipinski definition) is 14. The van der Waals surface area contributed by atoms with Gasteiger partial charge >= 0.3 is 23.9 Å². The van der Waals surface area contributed by atoms with Crippen molar-refractivity contribution >= 4 is 35.6 Å². The third-order valence-electron chi connectivity index (χ3n) is 14.3. The first-order valence-electron chi connectivity index (χ1n) is 21.6. The standard InChI is InChI=1S/C50H57NO14/c1-28-34(63-46(57)40(59-8)38(31-19-13-10-14-20-31)51-44(55)32-21-15-11-16-22-32)26-50(60-9)43(64-45(56)33-23-17-12-18-24-33)41-48(6,42(54)39(62-29(2)52)37(28)47(50,4)5)35(58-7)25-36-49(41,27-61-36)65-30(3)53/h10-24,34-36,38-41,43H,25-27H2,1-9H3,(H,51,55)/t34-,35-,36+,38-,39+,40+,41?,43-,48+,49-,50+/m0/s1. The molecule has 1 unspecified atom stereocenters. The monoisotopic (exact) mass is 895 g/mol. The molecular weight excluding hydrogens is 839 g/mol. The largest absolute Gasteiger partial charge is 0.456 e. The van der Waals surface area contributed by atoms with Gasteiger partial charge in [-0.3, -0.25) is 19.2 Å². The van der Waals surface area contributed by atoms with E-state index < -0.39 is 106 Å². The molecule has 15 nitrogen and oxygen atoms in total. The highest BCUT2D eigenvalue weighted by Gasteiger charge is 2.79. The van der Waals surface area contributed by atoms with Crippen molar-refractivity contribution in [3.8, 4) is 0 Å². The summed E-state index contributed by atoms with van der Waals surface area (Å²) in [7, 11) is 4.19. The second-order valence-corrected chi connectivity index (χ2v) is 17.9. The van der Waals surface area contributed by atoms with Gasteiger partial charge in [0.25, 0.3) is 5.91 Å². The minimum Gasteiger partial charge on any atom is -0.456 e. The molecule has 3 fully saturated rings. The molecule has 1 amide bonds.